The van der Waals surface area contributed by atoms with Gasteiger partial charge in [-0.05, 0) is 81.4 Å². The first-order valence-electron chi connectivity index (χ1n) is 13.1. The summed E-state index contributed by atoms with van der Waals surface area (Å²) in [5.74, 6) is 1.66. The number of hydrogen-bond acceptors (Lipinski definition) is 3. The zero-order valence-corrected chi connectivity index (χ0v) is 23.3. The minimum atomic E-state index is 0.0286. The van der Waals surface area contributed by atoms with Crippen molar-refractivity contribution in [1.82, 2.24) is 4.98 Å². The van der Waals surface area contributed by atoms with Crippen LogP contribution in [0.15, 0.2) is 76.5 Å². The molecule has 0 radical (unpaired) electrons. The molecular formula is C34H33NOS. The van der Waals surface area contributed by atoms with E-state index in [-0.39, 0.29) is 5.41 Å². The fourth-order valence-electron chi connectivity index (χ4n) is 5.41. The van der Waals surface area contributed by atoms with E-state index in [1.165, 1.54) is 43.1 Å². The van der Waals surface area contributed by atoms with E-state index >= 15 is 0 Å². The molecule has 6 rings (SSSR count). The summed E-state index contributed by atoms with van der Waals surface area (Å²) in [5, 5.41) is 5.91. The Bertz CT molecular complexity index is 1780. The highest BCUT2D eigenvalue weighted by Gasteiger charge is 2.20. The lowest BCUT2D eigenvalue weighted by molar-refractivity contribution is 0.496. The molecule has 0 aliphatic carbocycles. The highest BCUT2D eigenvalue weighted by Crippen LogP contribution is 2.40. The average molecular weight is 504 g/mol. The van der Waals surface area contributed by atoms with Crippen molar-refractivity contribution in [2.75, 3.05) is 0 Å². The van der Waals surface area contributed by atoms with Crippen LogP contribution in [0.25, 0.3) is 54.3 Å². The molecular weight excluding hydrogens is 470 g/mol. The molecule has 186 valence electrons. The van der Waals surface area contributed by atoms with Crippen LogP contribution in [0.1, 0.15) is 51.5 Å². The second-order valence-electron chi connectivity index (χ2n) is 11.6. The Balaban J connectivity index is 1.55. The van der Waals surface area contributed by atoms with Gasteiger partial charge < -0.3 is 4.42 Å². The third-order valence-electron chi connectivity index (χ3n) is 7.32. The molecule has 0 fully saturated rings. The number of nitrogens with zero attached hydrogens (tertiary/aromatic N) is 1. The fraction of sp³-hybridized carbons (Fsp3) is 0.265. The monoisotopic (exact) mass is 503 g/mol. The Morgan fingerprint density at radius 1 is 0.892 bits per heavy atom. The summed E-state index contributed by atoms with van der Waals surface area (Å²) >= 11 is 1.75. The summed E-state index contributed by atoms with van der Waals surface area (Å²) in [5.41, 5.74) is 9.19. The molecule has 3 heteroatoms. The molecule has 0 spiro atoms. The summed E-state index contributed by atoms with van der Waals surface area (Å²) in [7, 11) is 0. The standard InChI is InChI=1S/C34H33NOS/c1-20(2)15-31-21(3)25-12-11-23(18-32(25)36-31)27-19-30(35-29-13-14-37-33(27)29)24-16-22-9-7-8-10-26(22)28(17-24)34(4,5)6/h7-14,16-20H,15H2,1-6H3. The molecule has 0 aliphatic heterocycles. The van der Waals surface area contributed by atoms with Gasteiger partial charge in [-0.2, -0.15) is 0 Å². The molecule has 0 saturated carbocycles. The van der Waals surface area contributed by atoms with E-state index in [0.717, 1.165) is 34.5 Å². The van der Waals surface area contributed by atoms with Crippen molar-refractivity contribution in [3.05, 3.63) is 89.0 Å². The maximum atomic E-state index is 6.37. The number of rotatable bonds is 4. The van der Waals surface area contributed by atoms with Crippen LogP contribution in [-0.2, 0) is 11.8 Å². The lowest BCUT2D eigenvalue weighted by Gasteiger charge is -2.23. The molecule has 6 aromatic rings. The second-order valence-corrected chi connectivity index (χ2v) is 12.6. The van der Waals surface area contributed by atoms with Crippen LogP contribution in [0.2, 0.25) is 0 Å². The molecule has 0 aliphatic rings. The van der Waals surface area contributed by atoms with Gasteiger partial charge in [-0.15, -0.1) is 11.3 Å². The first-order chi connectivity index (χ1) is 17.7. The van der Waals surface area contributed by atoms with Crippen LogP contribution in [0.5, 0.6) is 0 Å². The van der Waals surface area contributed by atoms with E-state index in [1.807, 2.05) is 0 Å². The van der Waals surface area contributed by atoms with Gasteiger partial charge in [0.2, 0.25) is 0 Å². The molecule has 3 aromatic heterocycles. The molecule has 0 atom stereocenters. The maximum Gasteiger partial charge on any atom is 0.135 e. The van der Waals surface area contributed by atoms with Crippen molar-refractivity contribution in [1.29, 1.82) is 0 Å². The van der Waals surface area contributed by atoms with Crippen molar-refractivity contribution in [3.8, 4) is 22.4 Å². The van der Waals surface area contributed by atoms with Gasteiger partial charge in [-0.25, -0.2) is 4.98 Å². The molecule has 0 N–H and O–H groups in total. The van der Waals surface area contributed by atoms with E-state index in [1.54, 1.807) is 11.3 Å². The molecule has 3 heterocycles. The lowest BCUT2D eigenvalue weighted by atomic mass is 9.82. The number of aryl methyl sites for hydroxylation is 1. The molecule has 0 bridgehead atoms. The number of furan rings is 1. The van der Waals surface area contributed by atoms with Crippen molar-refractivity contribution < 1.29 is 4.42 Å². The normalized spacial score (nSPS) is 12.4. The third kappa shape index (κ3) is 4.26. The largest absolute Gasteiger partial charge is 0.461 e. The van der Waals surface area contributed by atoms with Gasteiger partial charge in [0.15, 0.2) is 0 Å². The zero-order chi connectivity index (χ0) is 25.9. The van der Waals surface area contributed by atoms with Crippen LogP contribution >= 0.6 is 11.3 Å². The van der Waals surface area contributed by atoms with Gasteiger partial charge in [0, 0.05) is 22.9 Å². The maximum absolute atomic E-state index is 6.37. The summed E-state index contributed by atoms with van der Waals surface area (Å²) in [6.45, 7) is 13.5. The van der Waals surface area contributed by atoms with Crippen LogP contribution in [0.4, 0.5) is 0 Å². The van der Waals surface area contributed by atoms with Crippen LogP contribution < -0.4 is 0 Å². The number of pyridine rings is 1. The zero-order valence-electron chi connectivity index (χ0n) is 22.5. The first-order valence-corrected chi connectivity index (χ1v) is 14.0. The first kappa shape index (κ1) is 23.9. The van der Waals surface area contributed by atoms with Gasteiger partial charge in [0.1, 0.15) is 11.3 Å². The number of benzene rings is 3. The highest BCUT2D eigenvalue weighted by atomic mass is 32.1. The van der Waals surface area contributed by atoms with E-state index in [2.05, 4.69) is 114 Å². The van der Waals surface area contributed by atoms with E-state index < -0.39 is 0 Å². The number of hydrogen-bond donors (Lipinski definition) is 0. The molecule has 3 aromatic carbocycles. The molecule has 37 heavy (non-hydrogen) atoms. The predicted molar refractivity (Wildman–Crippen MR) is 160 cm³/mol. The fourth-order valence-corrected chi connectivity index (χ4v) is 6.28. The topological polar surface area (TPSA) is 26.0 Å². The molecule has 0 unspecified atom stereocenters. The number of thiophene rings is 1. The quantitative estimate of drug-likeness (QED) is 0.239. The summed E-state index contributed by atoms with van der Waals surface area (Å²) < 4.78 is 7.58. The van der Waals surface area contributed by atoms with Crippen molar-refractivity contribution >= 4 is 43.3 Å². The molecule has 0 amide bonds. The Morgan fingerprint density at radius 2 is 1.70 bits per heavy atom. The van der Waals surface area contributed by atoms with E-state index in [0.29, 0.717) is 5.92 Å². The van der Waals surface area contributed by atoms with Crippen LogP contribution in [0.3, 0.4) is 0 Å². The smallest absolute Gasteiger partial charge is 0.135 e. The number of fused-ring (bicyclic) bond motifs is 3. The molecule has 2 nitrogen and oxygen atoms in total. The van der Waals surface area contributed by atoms with E-state index in [4.69, 9.17) is 9.40 Å². The van der Waals surface area contributed by atoms with Gasteiger partial charge in [0.25, 0.3) is 0 Å². The third-order valence-corrected chi connectivity index (χ3v) is 8.26. The molecule has 0 saturated heterocycles. The minimum Gasteiger partial charge on any atom is -0.461 e. The average Bonchev–Trinajstić information content (AvgIpc) is 3.46. The van der Waals surface area contributed by atoms with Gasteiger partial charge >= 0.3 is 0 Å². The summed E-state index contributed by atoms with van der Waals surface area (Å²) in [6.07, 6.45) is 0.961. The van der Waals surface area contributed by atoms with Crippen LogP contribution in [0, 0.1) is 12.8 Å². The highest BCUT2D eigenvalue weighted by molar-refractivity contribution is 7.17. The Morgan fingerprint density at radius 3 is 2.49 bits per heavy atom. The SMILES string of the molecule is Cc1c(CC(C)C)oc2cc(-c3cc(-c4cc(C(C)(C)C)c5ccccc5c4)nc4ccsc34)ccc12. The van der Waals surface area contributed by atoms with Gasteiger partial charge in [-0.3, -0.25) is 0 Å². The Labute approximate surface area is 223 Å². The minimum absolute atomic E-state index is 0.0286. The Kier molecular flexibility index (Phi) is 5.72. The van der Waals surface area contributed by atoms with Crippen molar-refractivity contribution in [3.63, 3.8) is 0 Å². The van der Waals surface area contributed by atoms with Gasteiger partial charge in [-0.1, -0.05) is 71.0 Å². The predicted octanol–water partition coefficient (Wildman–Crippen LogP) is 10.3. The van der Waals surface area contributed by atoms with Crippen molar-refractivity contribution in [2.45, 2.75) is 53.4 Å². The van der Waals surface area contributed by atoms with Crippen LogP contribution in [-0.4, -0.2) is 4.98 Å². The van der Waals surface area contributed by atoms with E-state index in [9.17, 15) is 0 Å². The summed E-state index contributed by atoms with van der Waals surface area (Å²) in [6, 6.07) is 24.4. The lowest BCUT2D eigenvalue weighted by Crippen LogP contribution is -2.12. The number of aromatic nitrogens is 1. The Hall–Kier alpha value is -3.43. The van der Waals surface area contributed by atoms with Crippen molar-refractivity contribution in [2.24, 2.45) is 5.92 Å². The second kappa shape index (κ2) is 8.85. The van der Waals surface area contributed by atoms with Gasteiger partial charge in [0.05, 0.1) is 15.9 Å². The summed E-state index contributed by atoms with van der Waals surface area (Å²) in [4.78, 5) is 5.12.